The summed E-state index contributed by atoms with van der Waals surface area (Å²) in [4.78, 5) is 2.32. The molecule has 0 atom stereocenters. The number of aliphatic hydroxyl groups is 1. The van der Waals surface area contributed by atoms with Gasteiger partial charge in [0, 0.05) is 30.4 Å². The highest BCUT2D eigenvalue weighted by molar-refractivity contribution is 6.00. The fourth-order valence-electron chi connectivity index (χ4n) is 2.56. The van der Waals surface area contributed by atoms with Gasteiger partial charge in [-0.05, 0) is 44.7 Å². The summed E-state index contributed by atoms with van der Waals surface area (Å²) in [6, 6.07) is 6.63. The third-order valence-electron chi connectivity index (χ3n) is 3.82. The second kappa shape index (κ2) is 6.06. The summed E-state index contributed by atoms with van der Waals surface area (Å²) < 4.78 is 0. The van der Waals surface area contributed by atoms with Crippen molar-refractivity contribution in [3.8, 4) is 0 Å². The lowest BCUT2D eigenvalue weighted by Crippen LogP contribution is -2.42. The molecule has 0 aromatic heterocycles. The van der Waals surface area contributed by atoms with E-state index in [1.54, 1.807) is 0 Å². The molecule has 2 rings (SSSR count). The number of rotatable bonds is 6. The molecule has 0 radical (unpaired) electrons. The molecule has 0 heterocycles. The zero-order chi connectivity index (χ0) is 13.8. The Kier molecular flexibility index (Phi) is 4.43. The van der Waals surface area contributed by atoms with E-state index in [9.17, 15) is 0 Å². The van der Waals surface area contributed by atoms with E-state index in [-0.39, 0.29) is 12.4 Å². The second-order valence-electron chi connectivity index (χ2n) is 5.29. The molecule has 0 aliphatic heterocycles. The predicted molar refractivity (Wildman–Crippen MR) is 78.9 cm³/mol. The third-order valence-corrected chi connectivity index (χ3v) is 3.82. The maximum atomic E-state index is 9.06. The highest BCUT2D eigenvalue weighted by atomic mass is 16.3. The highest BCUT2D eigenvalue weighted by Gasteiger charge is 2.26. The molecule has 1 aliphatic rings. The molecule has 4 nitrogen and oxygen atoms in total. The Balaban J connectivity index is 2.31. The fourth-order valence-corrected chi connectivity index (χ4v) is 2.56. The SMILES string of the molecule is Cc1ccc(N(CCCO)C2CCC2)c(C(=N)N)c1. The Morgan fingerprint density at radius 2 is 2.21 bits per heavy atom. The van der Waals surface area contributed by atoms with Gasteiger partial charge in [-0.25, -0.2) is 0 Å². The van der Waals surface area contributed by atoms with Crippen molar-refractivity contribution in [2.45, 2.75) is 38.6 Å². The van der Waals surface area contributed by atoms with E-state index in [1.165, 1.54) is 19.3 Å². The first-order valence-electron chi connectivity index (χ1n) is 6.96. The summed E-state index contributed by atoms with van der Waals surface area (Å²) in [5.74, 6) is 0.118. The number of benzene rings is 1. The van der Waals surface area contributed by atoms with Crippen molar-refractivity contribution < 1.29 is 5.11 Å². The quantitative estimate of drug-likeness (QED) is 0.542. The fraction of sp³-hybridized carbons (Fsp3) is 0.533. The number of nitrogen functional groups attached to an aromatic ring is 1. The molecule has 104 valence electrons. The Bertz CT molecular complexity index is 455. The Labute approximate surface area is 114 Å². The van der Waals surface area contributed by atoms with Crippen LogP contribution in [0.15, 0.2) is 18.2 Å². The zero-order valence-corrected chi connectivity index (χ0v) is 11.5. The van der Waals surface area contributed by atoms with Gasteiger partial charge in [0.05, 0.1) is 0 Å². The zero-order valence-electron chi connectivity index (χ0n) is 11.5. The van der Waals surface area contributed by atoms with E-state index in [4.69, 9.17) is 16.2 Å². The summed E-state index contributed by atoms with van der Waals surface area (Å²) in [6.45, 7) is 3.03. The maximum Gasteiger partial charge on any atom is 0.124 e. The van der Waals surface area contributed by atoms with Gasteiger partial charge >= 0.3 is 0 Å². The van der Waals surface area contributed by atoms with Crippen molar-refractivity contribution in [2.24, 2.45) is 5.73 Å². The smallest absolute Gasteiger partial charge is 0.124 e. The topological polar surface area (TPSA) is 73.3 Å². The number of nitrogens with zero attached hydrogens (tertiary/aromatic N) is 1. The number of aryl methyl sites for hydroxylation is 1. The van der Waals surface area contributed by atoms with Crippen LogP contribution >= 0.6 is 0 Å². The van der Waals surface area contributed by atoms with Gasteiger partial charge in [0.2, 0.25) is 0 Å². The van der Waals surface area contributed by atoms with Crippen LogP contribution in [0.25, 0.3) is 0 Å². The average molecular weight is 261 g/mol. The standard InChI is InChI=1S/C15H23N3O/c1-11-6-7-14(13(10-11)15(16)17)18(8-3-9-19)12-4-2-5-12/h6-7,10,12,19H,2-5,8-9H2,1H3,(H3,16,17). The number of nitrogens with two attached hydrogens (primary N) is 1. The summed E-state index contributed by atoms with van der Waals surface area (Å²) in [7, 11) is 0. The first-order chi connectivity index (χ1) is 9.13. The Hall–Kier alpha value is -1.55. The van der Waals surface area contributed by atoms with Gasteiger partial charge in [-0.3, -0.25) is 5.41 Å². The van der Waals surface area contributed by atoms with Gasteiger partial charge in [-0.2, -0.15) is 0 Å². The summed E-state index contributed by atoms with van der Waals surface area (Å²) >= 11 is 0. The van der Waals surface area contributed by atoms with Crippen LogP contribution in [0, 0.1) is 12.3 Å². The van der Waals surface area contributed by atoms with Gasteiger partial charge in [0.15, 0.2) is 0 Å². The minimum Gasteiger partial charge on any atom is -0.396 e. The van der Waals surface area contributed by atoms with Crippen molar-refractivity contribution in [1.29, 1.82) is 5.41 Å². The minimum atomic E-state index is 0.118. The molecule has 4 heteroatoms. The molecule has 1 aromatic carbocycles. The van der Waals surface area contributed by atoms with Crippen LogP contribution in [0.1, 0.15) is 36.8 Å². The second-order valence-corrected chi connectivity index (χ2v) is 5.29. The van der Waals surface area contributed by atoms with Gasteiger partial charge < -0.3 is 15.7 Å². The van der Waals surface area contributed by atoms with Crippen molar-refractivity contribution in [3.63, 3.8) is 0 Å². The van der Waals surface area contributed by atoms with Crippen LogP contribution in [-0.4, -0.2) is 30.1 Å². The molecular formula is C15H23N3O. The number of hydrogen-bond acceptors (Lipinski definition) is 3. The summed E-state index contributed by atoms with van der Waals surface area (Å²) in [6.07, 6.45) is 4.40. The third kappa shape index (κ3) is 3.07. The lowest BCUT2D eigenvalue weighted by Gasteiger charge is -2.40. The van der Waals surface area contributed by atoms with E-state index in [2.05, 4.69) is 17.0 Å². The molecule has 1 aliphatic carbocycles. The largest absolute Gasteiger partial charge is 0.396 e. The molecule has 19 heavy (non-hydrogen) atoms. The van der Waals surface area contributed by atoms with Crippen molar-refractivity contribution in [1.82, 2.24) is 0 Å². The van der Waals surface area contributed by atoms with Gasteiger partial charge in [0.1, 0.15) is 5.84 Å². The van der Waals surface area contributed by atoms with E-state index >= 15 is 0 Å². The van der Waals surface area contributed by atoms with Crippen LogP contribution in [0.2, 0.25) is 0 Å². The lowest BCUT2D eigenvalue weighted by molar-refractivity contribution is 0.283. The highest BCUT2D eigenvalue weighted by Crippen LogP contribution is 2.32. The molecule has 1 aromatic rings. The monoisotopic (exact) mass is 261 g/mol. The Morgan fingerprint density at radius 3 is 2.74 bits per heavy atom. The molecule has 0 unspecified atom stereocenters. The van der Waals surface area contributed by atoms with Gasteiger partial charge in [0.25, 0.3) is 0 Å². The van der Waals surface area contributed by atoms with Crippen LogP contribution in [0.3, 0.4) is 0 Å². The number of aliphatic hydroxyl groups excluding tert-OH is 1. The normalized spacial score (nSPS) is 15.1. The molecular weight excluding hydrogens is 238 g/mol. The first-order valence-corrected chi connectivity index (χ1v) is 6.96. The van der Waals surface area contributed by atoms with Crippen molar-refractivity contribution in [2.75, 3.05) is 18.1 Å². The van der Waals surface area contributed by atoms with Crippen LogP contribution < -0.4 is 10.6 Å². The van der Waals surface area contributed by atoms with E-state index in [0.717, 1.165) is 29.8 Å². The summed E-state index contributed by atoms with van der Waals surface area (Å²) in [5.41, 5.74) is 8.68. The van der Waals surface area contributed by atoms with E-state index in [0.29, 0.717) is 6.04 Å². The number of hydrogen-bond donors (Lipinski definition) is 3. The molecule has 1 fully saturated rings. The number of nitrogens with one attached hydrogen (secondary N) is 1. The predicted octanol–water partition coefficient (Wildman–Crippen LogP) is 2.02. The minimum absolute atomic E-state index is 0.118. The average Bonchev–Trinajstić information content (AvgIpc) is 2.32. The number of anilines is 1. The molecule has 0 spiro atoms. The lowest BCUT2D eigenvalue weighted by atomic mass is 9.90. The van der Waals surface area contributed by atoms with Gasteiger partial charge in [-0.1, -0.05) is 11.6 Å². The van der Waals surface area contributed by atoms with Crippen molar-refractivity contribution >= 4 is 11.5 Å². The van der Waals surface area contributed by atoms with Crippen LogP contribution in [-0.2, 0) is 0 Å². The maximum absolute atomic E-state index is 9.06. The van der Waals surface area contributed by atoms with Crippen molar-refractivity contribution in [3.05, 3.63) is 29.3 Å². The van der Waals surface area contributed by atoms with E-state index in [1.807, 2.05) is 13.0 Å². The molecule has 0 saturated heterocycles. The van der Waals surface area contributed by atoms with E-state index < -0.39 is 0 Å². The number of amidine groups is 1. The molecule has 0 amide bonds. The summed E-state index contributed by atoms with van der Waals surface area (Å²) in [5, 5.41) is 16.8. The molecule has 4 N–H and O–H groups in total. The first kappa shape index (κ1) is 13.9. The van der Waals surface area contributed by atoms with Gasteiger partial charge in [-0.15, -0.1) is 0 Å². The molecule has 1 saturated carbocycles. The van der Waals surface area contributed by atoms with Crippen LogP contribution in [0.5, 0.6) is 0 Å². The Morgan fingerprint density at radius 1 is 1.47 bits per heavy atom. The molecule has 0 bridgehead atoms. The van der Waals surface area contributed by atoms with Crippen LogP contribution in [0.4, 0.5) is 5.69 Å².